The number of urea groups is 1. The topological polar surface area (TPSA) is 63.1 Å². The minimum Gasteiger partial charge on any atom is -0.338 e. The lowest BCUT2D eigenvalue weighted by Gasteiger charge is -2.24. The number of nitrogens with one attached hydrogen (secondary N) is 1. The standard InChI is InChI=1S/C16H19F2N5O/c1-22-10-20-21-15(22)13-6-3-9-23(13)16(24)19-8-7-11-4-2-5-12(17)14(11)18/h2,4-5,10,13H,3,6-9H2,1H3,(H,19,24). The third-order valence-corrected chi connectivity index (χ3v) is 4.26. The average molecular weight is 335 g/mol. The smallest absolute Gasteiger partial charge is 0.318 e. The van der Waals surface area contributed by atoms with Crippen LogP contribution >= 0.6 is 0 Å². The Morgan fingerprint density at radius 1 is 1.42 bits per heavy atom. The van der Waals surface area contributed by atoms with Gasteiger partial charge in [0.05, 0.1) is 6.04 Å². The Morgan fingerprint density at radius 2 is 2.25 bits per heavy atom. The molecule has 2 aromatic rings. The Morgan fingerprint density at radius 3 is 3.00 bits per heavy atom. The summed E-state index contributed by atoms with van der Waals surface area (Å²) in [4.78, 5) is 14.1. The molecular formula is C16H19F2N5O. The zero-order valence-electron chi connectivity index (χ0n) is 13.4. The number of benzene rings is 1. The number of likely N-dealkylation sites (tertiary alicyclic amines) is 1. The first-order chi connectivity index (χ1) is 11.6. The Bertz CT molecular complexity index is 733. The van der Waals surface area contributed by atoms with Crippen molar-refractivity contribution in [2.24, 2.45) is 7.05 Å². The molecule has 1 aromatic heterocycles. The van der Waals surface area contributed by atoms with Gasteiger partial charge in [0.2, 0.25) is 0 Å². The van der Waals surface area contributed by atoms with Crippen molar-refractivity contribution in [3.05, 3.63) is 47.5 Å². The number of hydrogen-bond donors (Lipinski definition) is 1. The highest BCUT2D eigenvalue weighted by Gasteiger charge is 2.32. The van der Waals surface area contributed by atoms with Gasteiger partial charge < -0.3 is 14.8 Å². The number of carbonyl (C=O) groups excluding carboxylic acids is 1. The van der Waals surface area contributed by atoms with Gasteiger partial charge in [0.15, 0.2) is 17.5 Å². The molecule has 3 rings (SSSR count). The van der Waals surface area contributed by atoms with Crippen molar-refractivity contribution in [3.63, 3.8) is 0 Å². The van der Waals surface area contributed by atoms with E-state index >= 15 is 0 Å². The summed E-state index contributed by atoms with van der Waals surface area (Å²) in [6.45, 7) is 0.874. The molecule has 8 heteroatoms. The number of halogens is 2. The maximum absolute atomic E-state index is 13.6. The summed E-state index contributed by atoms with van der Waals surface area (Å²) in [6, 6.07) is 3.72. The van der Waals surface area contributed by atoms with E-state index in [0.29, 0.717) is 6.54 Å². The molecule has 2 heterocycles. The van der Waals surface area contributed by atoms with Gasteiger partial charge >= 0.3 is 6.03 Å². The van der Waals surface area contributed by atoms with Crippen molar-refractivity contribution < 1.29 is 13.6 Å². The second-order valence-corrected chi connectivity index (χ2v) is 5.85. The predicted octanol–water partition coefficient (Wildman–Crippen LogP) is 2.18. The molecule has 0 radical (unpaired) electrons. The minimum absolute atomic E-state index is 0.108. The summed E-state index contributed by atoms with van der Waals surface area (Å²) >= 11 is 0. The molecule has 1 atom stereocenters. The van der Waals surface area contributed by atoms with E-state index in [1.54, 1.807) is 15.8 Å². The molecule has 24 heavy (non-hydrogen) atoms. The van der Waals surface area contributed by atoms with Crippen molar-refractivity contribution in [2.45, 2.75) is 25.3 Å². The molecule has 0 saturated carbocycles. The van der Waals surface area contributed by atoms with Crippen LogP contribution in [0.3, 0.4) is 0 Å². The first kappa shape index (κ1) is 16.4. The lowest BCUT2D eigenvalue weighted by molar-refractivity contribution is 0.190. The molecule has 2 amide bonds. The van der Waals surface area contributed by atoms with E-state index in [9.17, 15) is 13.6 Å². The summed E-state index contributed by atoms with van der Waals surface area (Å²) in [5, 5.41) is 10.7. The zero-order valence-corrected chi connectivity index (χ0v) is 13.4. The van der Waals surface area contributed by atoms with Crippen LogP contribution in [0.5, 0.6) is 0 Å². The Hall–Kier alpha value is -2.51. The molecular weight excluding hydrogens is 316 g/mol. The van der Waals surface area contributed by atoms with Crippen LogP contribution in [0.25, 0.3) is 0 Å². The number of amides is 2. The molecule has 1 fully saturated rings. The molecule has 0 aliphatic carbocycles. The Kier molecular flexibility index (Phi) is 4.73. The lowest BCUT2D eigenvalue weighted by atomic mass is 10.1. The lowest BCUT2D eigenvalue weighted by Crippen LogP contribution is -2.40. The summed E-state index contributed by atoms with van der Waals surface area (Å²) in [5.74, 6) is -0.982. The number of carbonyl (C=O) groups is 1. The molecule has 0 bridgehead atoms. The van der Waals surface area contributed by atoms with E-state index in [1.165, 1.54) is 12.1 Å². The summed E-state index contributed by atoms with van der Waals surface area (Å²) in [5.41, 5.74) is 0.251. The summed E-state index contributed by atoms with van der Waals surface area (Å²) < 4.78 is 28.6. The maximum atomic E-state index is 13.6. The second-order valence-electron chi connectivity index (χ2n) is 5.85. The summed E-state index contributed by atoms with van der Waals surface area (Å²) in [6.07, 6.45) is 3.57. The second kappa shape index (κ2) is 6.94. The van der Waals surface area contributed by atoms with Crippen molar-refractivity contribution in [1.29, 1.82) is 0 Å². The third kappa shape index (κ3) is 3.22. The van der Waals surface area contributed by atoms with Crippen LogP contribution in [0.2, 0.25) is 0 Å². The fraction of sp³-hybridized carbons (Fsp3) is 0.438. The van der Waals surface area contributed by atoms with Crippen molar-refractivity contribution in [2.75, 3.05) is 13.1 Å². The van der Waals surface area contributed by atoms with Gasteiger partial charge in [-0.15, -0.1) is 10.2 Å². The monoisotopic (exact) mass is 335 g/mol. The molecule has 128 valence electrons. The van der Waals surface area contributed by atoms with Crippen LogP contribution in [0.15, 0.2) is 24.5 Å². The van der Waals surface area contributed by atoms with Crippen LogP contribution < -0.4 is 5.32 Å². The SMILES string of the molecule is Cn1cnnc1C1CCCN1C(=O)NCCc1cccc(F)c1F. The molecule has 0 spiro atoms. The largest absolute Gasteiger partial charge is 0.338 e. The first-order valence-electron chi connectivity index (χ1n) is 7.89. The maximum Gasteiger partial charge on any atom is 0.318 e. The Labute approximate surface area is 138 Å². The normalized spacial score (nSPS) is 17.3. The van der Waals surface area contributed by atoms with Crippen LogP contribution in [-0.4, -0.2) is 38.8 Å². The van der Waals surface area contributed by atoms with Gasteiger partial charge in [0.25, 0.3) is 0 Å². The van der Waals surface area contributed by atoms with E-state index in [2.05, 4.69) is 15.5 Å². The molecule has 6 nitrogen and oxygen atoms in total. The number of aryl methyl sites for hydroxylation is 1. The highest BCUT2D eigenvalue weighted by molar-refractivity contribution is 5.75. The zero-order chi connectivity index (χ0) is 17.1. The van der Waals surface area contributed by atoms with Gasteiger partial charge in [-0.05, 0) is 30.9 Å². The number of rotatable bonds is 4. The van der Waals surface area contributed by atoms with Gasteiger partial charge in [-0.1, -0.05) is 12.1 Å². The van der Waals surface area contributed by atoms with Crippen molar-refractivity contribution in [1.82, 2.24) is 25.0 Å². The third-order valence-electron chi connectivity index (χ3n) is 4.26. The van der Waals surface area contributed by atoms with Crippen LogP contribution in [-0.2, 0) is 13.5 Å². The van der Waals surface area contributed by atoms with E-state index < -0.39 is 11.6 Å². The predicted molar refractivity (Wildman–Crippen MR) is 83.1 cm³/mol. The van der Waals surface area contributed by atoms with E-state index in [4.69, 9.17) is 0 Å². The first-order valence-corrected chi connectivity index (χ1v) is 7.89. The van der Waals surface area contributed by atoms with Crippen LogP contribution in [0, 0.1) is 11.6 Å². The van der Waals surface area contributed by atoms with Gasteiger partial charge in [0, 0.05) is 20.1 Å². The summed E-state index contributed by atoms with van der Waals surface area (Å²) in [7, 11) is 1.84. The molecule has 1 aromatic carbocycles. The average Bonchev–Trinajstić information content (AvgIpc) is 3.19. The molecule has 1 aliphatic rings. The van der Waals surface area contributed by atoms with E-state index in [1.807, 2.05) is 7.05 Å². The van der Waals surface area contributed by atoms with Gasteiger partial charge in [-0.25, -0.2) is 13.6 Å². The molecule has 1 N–H and O–H groups in total. The van der Waals surface area contributed by atoms with Gasteiger partial charge in [0.1, 0.15) is 6.33 Å². The number of nitrogens with zero attached hydrogens (tertiary/aromatic N) is 4. The van der Waals surface area contributed by atoms with E-state index in [-0.39, 0.29) is 30.6 Å². The highest BCUT2D eigenvalue weighted by atomic mass is 19.2. The van der Waals surface area contributed by atoms with Crippen LogP contribution in [0.1, 0.15) is 30.3 Å². The molecule has 1 unspecified atom stereocenters. The quantitative estimate of drug-likeness (QED) is 0.931. The molecule has 1 saturated heterocycles. The van der Waals surface area contributed by atoms with Gasteiger partial charge in [-0.3, -0.25) is 0 Å². The Balaban J connectivity index is 1.58. The van der Waals surface area contributed by atoms with Gasteiger partial charge in [-0.2, -0.15) is 0 Å². The fourth-order valence-corrected chi connectivity index (χ4v) is 3.02. The molecule has 1 aliphatic heterocycles. The number of aromatic nitrogens is 3. The van der Waals surface area contributed by atoms with Crippen molar-refractivity contribution in [3.8, 4) is 0 Å². The van der Waals surface area contributed by atoms with Crippen molar-refractivity contribution >= 4 is 6.03 Å². The highest BCUT2D eigenvalue weighted by Crippen LogP contribution is 2.30. The number of hydrogen-bond acceptors (Lipinski definition) is 3. The van der Waals surface area contributed by atoms with Crippen LogP contribution in [0.4, 0.5) is 13.6 Å². The minimum atomic E-state index is -0.874. The van der Waals surface area contributed by atoms with E-state index in [0.717, 1.165) is 24.7 Å². The fourth-order valence-electron chi connectivity index (χ4n) is 3.02.